The van der Waals surface area contributed by atoms with Crippen molar-refractivity contribution in [3.8, 4) is 5.75 Å². The third-order valence-electron chi connectivity index (χ3n) is 4.00. The maximum absolute atomic E-state index is 10.4. The molecular weight excluding hydrogens is 238 g/mol. The quantitative estimate of drug-likeness (QED) is 0.792. The van der Waals surface area contributed by atoms with Crippen LogP contribution in [0.5, 0.6) is 5.75 Å². The molecule has 1 aliphatic rings. The van der Waals surface area contributed by atoms with E-state index in [1.54, 1.807) is 0 Å². The fraction of sp³-hybridized carbons (Fsp3) is 0.375. The molecule has 0 aliphatic heterocycles. The summed E-state index contributed by atoms with van der Waals surface area (Å²) in [6.45, 7) is 2.05. The summed E-state index contributed by atoms with van der Waals surface area (Å²) in [6.07, 6.45) is 1.45. The topological polar surface area (TPSA) is 52.5 Å². The van der Waals surface area contributed by atoms with Gasteiger partial charge in [-0.25, -0.2) is 0 Å². The number of hydrogen-bond acceptors (Lipinski definition) is 3. The van der Waals surface area contributed by atoms with Gasteiger partial charge in [0.2, 0.25) is 0 Å². The Balaban J connectivity index is 1.85. The molecule has 0 bridgehead atoms. The molecule has 1 saturated carbocycles. The van der Waals surface area contributed by atoms with E-state index in [1.807, 2.05) is 36.4 Å². The van der Waals surface area contributed by atoms with Crippen LogP contribution in [0.15, 0.2) is 36.4 Å². The van der Waals surface area contributed by atoms with Crippen molar-refractivity contribution in [1.29, 1.82) is 0 Å². The number of fused-ring (bicyclic) bond motifs is 1. The highest BCUT2D eigenvalue weighted by Gasteiger charge is 2.28. The summed E-state index contributed by atoms with van der Waals surface area (Å²) in [5.74, 6) is 0.359. The maximum atomic E-state index is 10.4. The van der Waals surface area contributed by atoms with Gasteiger partial charge in [-0.05, 0) is 25.2 Å². The molecule has 0 amide bonds. The van der Waals surface area contributed by atoms with Crippen LogP contribution in [-0.4, -0.2) is 22.4 Å². The third kappa shape index (κ3) is 2.31. The normalized spacial score (nSPS) is 24.1. The average Bonchev–Trinajstić information content (AvgIpc) is 2.37. The second-order valence-corrected chi connectivity index (χ2v) is 5.44. The fourth-order valence-electron chi connectivity index (χ4n) is 2.79. The Bertz CT molecular complexity index is 590. The zero-order chi connectivity index (χ0) is 13.4. The number of nitrogens with one attached hydrogen (secondary N) is 1. The molecule has 2 aromatic rings. The fourth-order valence-corrected chi connectivity index (χ4v) is 2.79. The highest BCUT2D eigenvalue weighted by Crippen LogP contribution is 2.33. The lowest BCUT2D eigenvalue weighted by molar-refractivity contribution is 0.0585. The second-order valence-electron chi connectivity index (χ2n) is 5.44. The number of rotatable bonds is 3. The van der Waals surface area contributed by atoms with Crippen molar-refractivity contribution in [3.05, 3.63) is 42.0 Å². The minimum Gasteiger partial charge on any atom is -0.507 e. The van der Waals surface area contributed by atoms with Crippen molar-refractivity contribution < 1.29 is 10.2 Å². The smallest absolute Gasteiger partial charge is 0.128 e. The van der Waals surface area contributed by atoms with Gasteiger partial charge in [-0.2, -0.15) is 0 Å². The molecule has 3 N–H and O–H groups in total. The van der Waals surface area contributed by atoms with Crippen LogP contribution in [0, 0.1) is 0 Å². The summed E-state index contributed by atoms with van der Waals surface area (Å²) in [7, 11) is 0. The first-order chi connectivity index (χ1) is 9.15. The van der Waals surface area contributed by atoms with Crippen LogP contribution in [0.1, 0.15) is 31.4 Å². The molecule has 1 fully saturated rings. The molecule has 100 valence electrons. The average molecular weight is 257 g/mol. The summed E-state index contributed by atoms with van der Waals surface area (Å²) in [4.78, 5) is 0. The Kier molecular flexibility index (Phi) is 3.17. The van der Waals surface area contributed by atoms with Crippen LogP contribution in [0.25, 0.3) is 10.8 Å². The number of phenolic OH excluding ortho intramolecular Hbond substituents is 1. The molecule has 1 atom stereocenters. The summed E-state index contributed by atoms with van der Waals surface area (Å²) < 4.78 is 0. The van der Waals surface area contributed by atoms with Gasteiger partial charge in [0, 0.05) is 23.0 Å². The second kappa shape index (κ2) is 4.83. The molecule has 3 rings (SSSR count). The van der Waals surface area contributed by atoms with E-state index >= 15 is 0 Å². The summed E-state index contributed by atoms with van der Waals surface area (Å²) in [5, 5.41) is 25.1. The maximum Gasteiger partial charge on any atom is 0.128 e. The van der Waals surface area contributed by atoms with Gasteiger partial charge < -0.3 is 15.5 Å². The lowest BCUT2D eigenvalue weighted by Gasteiger charge is -2.34. The van der Waals surface area contributed by atoms with E-state index in [0.29, 0.717) is 11.8 Å². The molecule has 0 aromatic heterocycles. The molecule has 0 saturated heterocycles. The van der Waals surface area contributed by atoms with E-state index in [2.05, 4.69) is 12.2 Å². The van der Waals surface area contributed by atoms with Gasteiger partial charge in [0.25, 0.3) is 0 Å². The molecule has 19 heavy (non-hydrogen) atoms. The molecule has 0 radical (unpaired) electrons. The molecular formula is C16H19NO2. The molecule has 1 aliphatic carbocycles. The van der Waals surface area contributed by atoms with Gasteiger partial charge in [0.1, 0.15) is 5.75 Å². The third-order valence-corrected chi connectivity index (χ3v) is 4.00. The lowest BCUT2D eigenvalue weighted by atomic mass is 9.88. The zero-order valence-corrected chi connectivity index (χ0v) is 11.0. The van der Waals surface area contributed by atoms with Gasteiger partial charge in [0.15, 0.2) is 0 Å². The van der Waals surface area contributed by atoms with Gasteiger partial charge in [0.05, 0.1) is 6.10 Å². The van der Waals surface area contributed by atoms with E-state index in [1.165, 1.54) is 0 Å². The summed E-state index contributed by atoms with van der Waals surface area (Å²) in [5.41, 5.74) is 0.917. The van der Waals surface area contributed by atoms with Crippen molar-refractivity contribution in [3.63, 3.8) is 0 Å². The Morgan fingerprint density at radius 1 is 1.16 bits per heavy atom. The van der Waals surface area contributed by atoms with Gasteiger partial charge >= 0.3 is 0 Å². The predicted molar refractivity (Wildman–Crippen MR) is 76.2 cm³/mol. The minimum atomic E-state index is -0.157. The molecule has 3 nitrogen and oxygen atoms in total. The van der Waals surface area contributed by atoms with Crippen LogP contribution in [-0.2, 0) is 0 Å². The number of benzene rings is 2. The monoisotopic (exact) mass is 257 g/mol. The SMILES string of the molecule is CC(NC1CC(O)C1)c1ccc2ccccc2c1O. The first kappa shape index (κ1) is 12.5. The molecule has 0 heterocycles. The molecule has 3 heteroatoms. The Morgan fingerprint density at radius 3 is 2.63 bits per heavy atom. The number of aromatic hydroxyl groups is 1. The van der Waals surface area contributed by atoms with Crippen LogP contribution >= 0.6 is 0 Å². The van der Waals surface area contributed by atoms with Crippen LogP contribution in [0.3, 0.4) is 0 Å². The molecule has 2 aromatic carbocycles. The highest BCUT2D eigenvalue weighted by atomic mass is 16.3. The van der Waals surface area contributed by atoms with E-state index in [0.717, 1.165) is 29.2 Å². The lowest BCUT2D eigenvalue weighted by Crippen LogP contribution is -2.45. The first-order valence-electron chi connectivity index (χ1n) is 6.80. The zero-order valence-electron chi connectivity index (χ0n) is 11.0. The van der Waals surface area contributed by atoms with E-state index in [4.69, 9.17) is 0 Å². The standard InChI is InChI=1S/C16H19NO2/c1-10(17-12-8-13(18)9-12)14-7-6-11-4-2-3-5-15(11)16(14)19/h2-7,10,12-13,17-19H,8-9H2,1H3. The van der Waals surface area contributed by atoms with Crippen LogP contribution in [0.2, 0.25) is 0 Å². The Hall–Kier alpha value is -1.58. The van der Waals surface area contributed by atoms with Crippen LogP contribution in [0.4, 0.5) is 0 Å². The van der Waals surface area contributed by atoms with E-state index in [-0.39, 0.29) is 12.1 Å². The van der Waals surface area contributed by atoms with E-state index in [9.17, 15) is 10.2 Å². The van der Waals surface area contributed by atoms with Crippen molar-refractivity contribution in [2.75, 3.05) is 0 Å². The molecule has 0 spiro atoms. The summed E-state index contributed by atoms with van der Waals surface area (Å²) in [6, 6.07) is 12.3. The van der Waals surface area contributed by atoms with Crippen molar-refractivity contribution in [2.24, 2.45) is 0 Å². The number of hydrogen-bond donors (Lipinski definition) is 3. The number of aliphatic hydroxyl groups excluding tert-OH is 1. The Morgan fingerprint density at radius 2 is 1.89 bits per heavy atom. The van der Waals surface area contributed by atoms with E-state index < -0.39 is 0 Å². The Labute approximate surface area is 112 Å². The van der Waals surface area contributed by atoms with Gasteiger partial charge in [-0.3, -0.25) is 0 Å². The first-order valence-corrected chi connectivity index (χ1v) is 6.80. The predicted octanol–water partition coefficient (Wildman–Crippen LogP) is 2.72. The number of aliphatic hydroxyl groups is 1. The number of phenols is 1. The van der Waals surface area contributed by atoms with Gasteiger partial charge in [-0.1, -0.05) is 36.4 Å². The largest absolute Gasteiger partial charge is 0.507 e. The van der Waals surface area contributed by atoms with Crippen LogP contribution < -0.4 is 5.32 Å². The molecule has 1 unspecified atom stereocenters. The highest BCUT2D eigenvalue weighted by molar-refractivity contribution is 5.89. The van der Waals surface area contributed by atoms with Gasteiger partial charge in [-0.15, -0.1) is 0 Å². The van der Waals surface area contributed by atoms with Crippen molar-refractivity contribution >= 4 is 10.8 Å². The van der Waals surface area contributed by atoms with Crippen molar-refractivity contribution in [2.45, 2.75) is 38.0 Å². The summed E-state index contributed by atoms with van der Waals surface area (Å²) >= 11 is 0. The van der Waals surface area contributed by atoms with Crippen molar-refractivity contribution in [1.82, 2.24) is 5.32 Å². The minimum absolute atomic E-state index is 0.0853.